The summed E-state index contributed by atoms with van der Waals surface area (Å²) in [4.78, 5) is 4.10. The zero-order chi connectivity index (χ0) is 11.7. The summed E-state index contributed by atoms with van der Waals surface area (Å²) in [5.41, 5.74) is 0.359. The SMILES string of the molecule is Cn1nnc(CN2CCNCC23CCCC3)n1. The molecule has 17 heavy (non-hydrogen) atoms. The van der Waals surface area contributed by atoms with Crippen molar-refractivity contribution in [2.75, 3.05) is 19.6 Å². The first-order valence-corrected chi connectivity index (χ1v) is 6.47. The quantitative estimate of drug-likeness (QED) is 0.779. The predicted molar refractivity (Wildman–Crippen MR) is 63.3 cm³/mol. The van der Waals surface area contributed by atoms with Crippen molar-refractivity contribution in [3.63, 3.8) is 0 Å². The van der Waals surface area contributed by atoms with Gasteiger partial charge in [0.1, 0.15) is 0 Å². The summed E-state index contributed by atoms with van der Waals surface area (Å²) in [6, 6.07) is 0. The maximum absolute atomic E-state index is 4.29. The Bertz CT molecular complexity index is 381. The molecule has 1 spiro atoms. The van der Waals surface area contributed by atoms with Crippen molar-refractivity contribution in [3.8, 4) is 0 Å². The Balaban J connectivity index is 1.75. The second kappa shape index (κ2) is 4.34. The number of nitrogens with one attached hydrogen (secondary N) is 1. The molecule has 6 heteroatoms. The zero-order valence-electron chi connectivity index (χ0n) is 10.4. The largest absolute Gasteiger partial charge is 0.314 e. The van der Waals surface area contributed by atoms with E-state index in [-0.39, 0.29) is 0 Å². The van der Waals surface area contributed by atoms with E-state index in [1.165, 1.54) is 25.7 Å². The third-order valence-electron chi connectivity index (χ3n) is 4.10. The van der Waals surface area contributed by atoms with Crippen LogP contribution in [0.3, 0.4) is 0 Å². The molecule has 0 atom stereocenters. The van der Waals surface area contributed by atoms with E-state index >= 15 is 0 Å². The summed E-state index contributed by atoms with van der Waals surface area (Å²) < 4.78 is 0. The van der Waals surface area contributed by atoms with Gasteiger partial charge in [0.2, 0.25) is 0 Å². The molecule has 0 unspecified atom stereocenters. The number of hydrogen-bond acceptors (Lipinski definition) is 5. The van der Waals surface area contributed by atoms with E-state index in [1.54, 1.807) is 4.80 Å². The van der Waals surface area contributed by atoms with Crippen LogP contribution in [-0.2, 0) is 13.6 Å². The maximum Gasteiger partial charge on any atom is 0.188 e. The van der Waals surface area contributed by atoms with Crippen LogP contribution in [0.15, 0.2) is 0 Å². The number of rotatable bonds is 2. The molecule has 2 aliphatic rings. The van der Waals surface area contributed by atoms with Crippen molar-refractivity contribution in [1.82, 2.24) is 30.4 Å². The van der Waals surface area contributed by atoms with Crippen molar-refractivity contribution < 1.29 is 0 Å². The minimum Gasteiger partial charge on any atom is -0.314 e. The highest BCUT2D eigenvalue weighted by molar-refractivity contribution is 5.00. The smallest absolute Gasteiger partial charge is 0.188 e. The van der Waals surface area contributed by atoms with Crippen molar-refractivity contribution in [3.05, 3.63) is 5.82 Å². The fourth-order valence-corrected chi connectivity index (χ4v) is 3.21. The molecule has 0 radical (unpaired) electrons. The lowest BCUT2D eigenvalue weighted by atomic mass is 9.93. The Morgan fingerprint density at radius 1 is 1.35 bits per heavy atom. The lowest BCUT2D eigenvalue weighted by Crippen LogP contribution is -2.59. The number of hydrogen-bond donors (Lipinski definition) is 1. The van der Waals surface area contributed by atoms with Crippen LogP contribution in [-0.4, -0.2) is 50.3 Å². The molecule has 1 aliphatic carbocycles. The minimum absolute atomic E-state index is 0.359. The molecule has 1 N–H and O–H groups in total. The number of tetrazole rings is 1. The van der Waals surface area contributed by atoms with Crippen LogP contribution in [0.25, 0.3) is 0 Å². The fraction of sp³-hybridized carbons (Fsp3) is 0.909. The lowest BCUT2D eigenvalue weighted by molar-refractivity contribution is 0.0547. The third-order valence-corrected chi connectivity index (χ3v) is 4.10. The van der Waals surface area contributed by atoms with Crippen molar-refractivity contribution in [2.24, 2.45) is 7.05 Å². The molecule has 0 amide bonds. The van der Waals surface area contributed by atoms with Crippen molar-refractivity contribution in [2.45, 2.75) is 37.8 Å². The van der Waals surface area contributed by atoms with Crippen LogP contribution in [0.1, 0.15) is 31.5 Å². The fourth-order valence-electron chi connectivity index (χ4n) is 3.21. The summed E-state index contributed by atoms with van der Waals surface area (Å²) in [7, 11) is 1.82. The normalized spacial score (nSPS) is 24.5. The van der Waals surface area contributed by atoms with Crippen LogP contribution in [0.4, 0.5) is 0 Å². The Morgan fingerprint density at radius 2 is 2.18 bits per heavy atom. The molecule has 3 rings (SSSR count). The average Bonchev–Trinajstić information content (AvgIpc) is 2.93. The highest BCUT2D eigenvalue weighted by atomic mass is 15.6. The Labute approximate surface area is 101 Å². The van der Waals surface area contributed by atoms with Crippen LogP contribution < -0.4 is 5.32 Å². The number of nitrogens with zero attached hydrogens (tertiary/aromatic N) is 5. The standard InChI is InChI=1S/C11H20N6/c1-16-14-10(13-15-16)8-17-7-6-12-9-11(17)4-2-3-5-11/h12H,2-9H2,1H3. The number of aromatic nitrogens is 4. The molecule has 1 saturated carbocycles. The topological polar surface area (TPSA) is 58.9 Å². The second-order valence-electron chi connectivity index (χ2n) is 5.22. The van der Waals surface area contributed by atoms with Gasteiger partial charge in [-0.3, -0.25) is 4.90 Å². The van der Waals surface area contributed by atoms with Gasteiger partial charge in [0.05, 0.1) is 13.6 Å². The molecule has 1 aliphatic heterocycles. The Kier molecular flexibility index (Phi) is 2.84. The van der Waals surface area contributed by atoms with Crippen LogP contribution >= 0.6 is 0 Å². The van der Waals surface area contributed by atoms with E-state index in [1.807, 2.05) is 7.05 Å². The summed E-state index contributed by atoms with van der Waals surface area (Å²) in [5.74, 6) is 0.848. The molecule has 94 valence electrons. The van der Waals surface area contributed by atoms with E-state index in [0.717, 1.165) is 32.0 Å². The summed E-state index contributed by atoms with van der Waals surface area (Å²) in [6.07, 6.45) is 5.32. The van der Waals surface area contributed by atoms with Gasteiger partial charge in [-0.05, 0) is 18.1 Å². The lowest BCUT2D eigenvalue weighted by Gasteiger charge is -2.44. The van der Waals surface area contributed by atoms with Gasteiger partial charge in [0.25, 0.3) is 0 Å². The van der Waals surface area contributed by atoms with Crippen LogP contribution in [0.2, 0.25) is 0 Å². The molecule has 6 nitrogen and oxygen atoms in total. The van der Waals surface area contributed by atoms with Gasteiger partial charge < -0.3 is 5.32 Å². The maximum atomic E-state index is 4.29. The van der Waals surface area contributed by atoms with Crippen LogP contribution in [0.5, 0.6) is 0 Å². The molecule has 2 fully saturated rings. The van der Waals surface area contributed by atoms with Gasteiger partial charge >= 0.3 is 0 Å². The van der Waals surface area contributed by atoms with Gasteiger partial charge in [-0.2, -0.15) is 4.80 Å². The van der Waals surface area contributed by atoms with Crippen molar-refractivity contribution >= 4 is 0 Å². The third kappa shape index (κ3) is 2.07. The summed E-state index contributed by atoms with van der Waals surface area (Å²) in [5, 5.41) is 15.8. The van der Waals surface area contributed by atoms with E-state index in [0.29, 0.717) is 5.54 Å². The first-order chi connectivity index (χ1) is 8.28. The highest BCUT2D eigenvalue weighted by Crippen LogP contribution is 2.36. The molecular weight excluding hydrogens is 216 g/mol. The van der Waals surface area contributed by atoms with Gasteiger partial charge in [-0.1, -0.05) is 12.8 Å². The molecule has 1 saturated heterocycles. The predicted octanol–water partition coefficient (Wildman–Crippen LogP) is -0.0719. The molecular formula is C11H20N6. The highest BCUT2D eigenvalue weighted by Gasteiger charge is 2.41. The van der Waals surface area contributed by atoms with E-state index < -0.39 is 0 Å². The number of aryl methyl sites for hydroxylation is 1. The van der Waals surface area contributed by atoms with Gasteiger partial charge in [0, 0.05) is 25.2 Å². The Morgan fingerprint density at radius 3 is 2.88 bits per heavy atom. The first-order valence-electron chi connectivity index (χ1n) is 6.47. The summed E-state index contributed by atoms with van der Waals surface area (Å²) >= 11 is 0. The van der Waals surface area contributed by atoms with E-state index in [2.05, 4.69) is 25.6 Å². The Hall–Kier alpha value is -1.01. The van der Waals surface area contributed by atoms with Gasteiger partial charge in [0.15, 0.2) is 5.82 Å². The minimum atomic E-state index is 0.359. The summed E-state index contributed by atoms with van der Waals surface area (Å²) in [6.45, 7) is 4.13. The molecule has 1 aromatic rings. The van der Waals surface area contributed by atoms with Gasteiger partial charge in [-0.15, -0.1) is 10.2 Å². The number of piperazine rings is 1. The van der Waals surface area contributed by atoms with E-state index in [9.17, 15) is 0 Å². The molecule has 1 aromatic heterocycles. The molecule has 2 heterocycles. The second-order valence-corrected chi connectivity index (χ2v) is 5.22. The average molecular weight is 236 g/mol. The molecule has 0 bridgehead atoms. The van der Waals surface area contributed by atoms with Crippen molar-refractivity contribution in [1.29, 1.82) is 0 Å². The van der Waals surface area contributed by atoms with Crippen LogP contribution in [0, 0.1) is 0 Å². The monoisotopic (exact) mass is 236 g/mol. The zero-order valence-corrected chi connectivity index (χ0v) is 10.4. The first kappa shape index (κ1) is 11.1. The van der Waals surface area contributed by atoms with E-state index in [4.69, 9.17) is 0 Å². The molecule has 0 aromatic carbocycles. The van der Waals surface area contributed by atoms with Gasteiger partial charge in [-0.25, -0.2) is 0 Å².